The molecule has 2 atom stereocenters. The molecule has 1 heterocycles. The average molecular weight is 150 g/mol. The first-order valence-corrected chi connectivity index (χ1v) is 3.25. The van der Waals surface area contributed by atoms with Crippen molar-refractivity contribution in [1.29, 1.82) is 0 Å². The molecule has 2 N–H and O–H groups in total. The molecule has 0 spiro atoms. The lowest BCUT2D eigenvalue weighted by Crippen LogP contribution is -2.35. The van der Waals surface area contributed by atoms with E-state index in [1.165, 1.54) is 0 Å². The highest BCUT2D eigenvalue weighted by Crippen LogP contribution is 2.28. The van der Waals surface area contributed by atoms with E-state index in [0.717, 1.165) is 0 Å². The maximum absolute atomic E-state index is 12.1. The fourth-order valence-corrected chi connectivity index (χ4v) is 1.05. The summed E-state index contributed by atoms with van der Waals surface area (Å²) in [6, 6.07) is 0. The van der Waals surface area contributed by atoms with E-state index in [9.17, 15) is 4.39 Å². The maximum atomic E-state index is 12.1. The maximum Gasteiger partial charge on any atom is 0.155 e. The molecule has 3 nitrogen and oxygen atoms in total. The summed E-state index contributed by atoms with van der Waals surface area (Å²) in [7, 11) is 0. The Morgan fingerprint density at radius 3 is 2.60 bits per heavy atom. The molecule has 0 aromatic rings. The van der Waals surface area contributed by atoms with Crippen LogP contribution in [0.5, 0.6) is 0 Å². The van der Waals surface area contributed by atoms with E-state index in [1.54, 1.807) is 0 Å². The third kappa shape index (κ3) is 1.28. The summed E-state index contributed by atoms with van der Waals surface area (Å²) >= 11 is 0. The average Bonchev–Trinajstić information content (AvgIpc) is 2.33. The Morgan fingerprint density at radius 2 is 2.40 bits per heavy atom. The first kappa shape index (κ1) is 7.91. The molecule has 0 saturated carbocycles. The highest BCUT2D eigenvalue weighted by molar-refractivity contribution is 4.84. The van der Waals surface area contributed by atoms with Crippen LogP contribution in [0.3, 0.4) is 0 Å². The molecule has 0 aliphatic carbocycles. The fraction of sp³-hybridized carbons (Fsp3) is 1.00. The summed E-state index contributed by atoms with van der Waals surface area (Å²) in [6.07, 6.45) is -0.103. The van der Waals surface area contributed by atoms with Crippen molar-refractivity contribution in [2.24, 2.45) is 0 Å². The smallest absolute Gasteiger partial charge is 0.155 e. The second-order valence-corrected chi connectivity index (χ2v) is 2.59. The summed E-state index contributed by atoms with van der Waals surface area (Å²) < 4.78 is 16.9. The summed E-state index contributed by atoms with van der Waals surface area (Å²) in [6.45, 7) is -1.10. The lowest BCUT2D eigenvalue weighted by molar-refractivity contribution is -0.158. The standard InChI is InChI=1S/C6H11FO3/c7-3-6(4-8)2-1-5(9)10-6/h5,8-9H,1-4H2. The van der Waals surface area contributed by atoms with Gasteiger partial charge in [-0.3, -0.25) is 0 Å². The van der Waals surface area contributed by atoms with E-state index in [-0.39, 0.29) is 6.61 Å². The molecule has 0 bridgehead atoms. The van der Waals surface area contributed by atoms with Crippen LogP contribution in [0.4, 0.5) is 4.39 Å². The highest BCUT2D eigenvalue weighted by atomic mass is 19.1. The van der Waals surface area contributed by atoms with Crippen LogP contribution >= 0.6 is 0 Å². The van der Waals surface area contributed by atoms with Crippen molar-refractivity contribution in [3.63, 3.8) is 0 Å². The van der Waals surface area contributed by atoms with Gasteiger partial charge >= 0.3 is 0 Å². The van der Waals surface area contributed by atoms with Gasteiger partial charge < -0.3 is 14.9 Å². The molecule has 1 rings (SSSR count). The van der Waals surface area contributed by atoms with Crippen molar-refractivity contribution in [3.8, 4) is 0 Å². The zero-order chi connectivity index (χ0) is 7.61. The van der Waals surface area contributed by atoms with Gasteiger partial charge in [0.2, 0.25) is 0 Å². The molecular formula is C6H11FO3. The van der Waals surface area contributed by atoms with Crippen molar-refractivity contribution in [2.45, 2.75) is 24.7 Å². The third-order valence-electron chi connectivity index (χ3n) is 1.76. The summed E-state index contributed by atoms with van der Waals surface area (Å²) in [5.41, 5.74) is -1.11. The van der Waals surface area contributed by atoms with Crippen LogP contribution in [0.15, 0.2) is 0 Å². The molecule has 0 aromatic heterocycles. The van der Waals surface area contributed by atoms with Crippen molar-refractivity contribution in [2.75, 3.05) is 13.3 Å². The molecule has 10 heavy (non-hydrogen) atoms. The summed E-state index contributed by atoms with van der Waals surface area (Å²) in [4.78, 5) is 0. The van der Waals surface area contributed by atoms with Crippen LogP contribution in [0.1, 0.15) is 12.8 Å². The Morgan fingerprint density at radius 1 is 1.70 bits per heavy atom. The molecule has 1 saturated heterocycles. The van der Waals surface area contributed by atoms with Crippen molar-refractivity contribution < 1.29 is 19.3 Å². The number of aliphatic hydroxyl groups is 2. The number of rotatable bonds is 2. The molecule has 0 amide bonds. The van der Waals surface area contributed by atoms with E-state index < -0.39 is 18.6 Å². The predicted octanol–water partition coefficient (Wildman–Crippen LogP) is -0.184. The van der Waals surface area contributed by atoms with Gasteiger partial charge in [-0.1, -0.05) is 0 Å². The molecule has 60 valence electrons. The first-order chi connectivity index (χ1) is 4.72. The van der Waals surface area contributed by atoms with E-state index in [0.29, 0.717) is 12.8 Å². The number of hydrogen-bond donors (Lipinski definition) is 2. The zero-order valence-electron chi connectivity index (χ0n) is 5.59. The van der Waals surface area contributed by atoms with Crippen LogP contribution in [-0.2, 0) is 4.74 Å². The van der Waals surface area contributed by atoms with Crippen molar-refractivity contribution in [3.05, 3.63) is 0 Å². The van der Waals surface area contributed by atoms with E-state index in [4.69, 9.17) is 14.9 Å². The normalized spacial score (nSPS) is 40.5. The second-order valence-electron chi connectivity index (χ2n) is 2.59. The molecule has 0 aromatic carbocycles. The number of halogens is 1. The second kappa shape index (κ2) is 2.82. The molecule has 0 radical (unpaired) electrons. The lowest BCUT2D eigenvalue weighted by atomic mass is 10.0. The zero-order valence-corrected chi connectivity index (χ0v) is 5.59. The minimum absolute atomic E-state index is 0.361. The molecular weight excluding hydrogens is 139 g/mol. The van der Waals surface area contributed by atoms with Gasteiger partial charge in [-0.05, 0) is 6.42 Å². The van der Waals surface area contributed by atoms with Gasteiger partial charge in [-0.15, -0.1) is 0 Å². The minimum atomic E-state index is -1.11. The third-order valence-corrected chi connectivity index (χ3v) is 1.76. The van der Waals surface area contributed by atoms with Crippen molar-refractivity contribution >= 4 is 0 Å². The molecule has 2 unspecified atom stereocenters. The Bertz CT molecular complexity index is 114. The quantitative estimate of drug-likeness (QED) is 0.574. The largest absolute Gasteiger partial charge is 0.393 e. The van der Waals surface area contributed by atoms with Crippen molar-refractivity contribution in [1.82, 2.24) is 0 Å². The van der Waals surface area contributed by atoms with E-state index in [2.05, 4.69) is 0 Å². The van der Waals surface area contributed by atoms with E-state index in [1.807, 2.05) is 0 Å². The van der Waals surface area contributed by atoms with Crippen LogP contribution < -0.4 is 0 Å². The van der Waals surface area contributed by atoms with Gasteiger partial charge in [-0.2, -0.15) is 0 Å². The Labute approximate surface area is 58.4 Å². The SMILES string of the molecule is OCC1(CF)CCC(O)O1. The van der Waals surface area contributed by atoms with Gasteiger partial charge in [0.15, 0.2) is 6.29 Å². The van der Waals surface area contributed by atoms with Gasteiger partial charge in [0.05, 0.1) is 6.61 Å². The number of aliphatic hydroxyl groups excluding tert-OH is 2. The fourth-order valence-electron chi connectivity index (χ4n) is 1.05. The molecule has 1 fully saturated rings. The lowest BCUT2D eigenvalue weighted by Gasteiger charge is -2.21. The number of ether oxygens (including phenoxy) is 1. The van der Waals surface area contributed by atoms with Gasteiger partial charge in [0.25, 0.3) is 0 Å². The monoisotopic (exact) mass is 150 g/mol. The van der Waals surface area contributed by atoms with Gasteiger partial charge in [0, 0.05) is 6.42 Å². The summed E-state index contributed by atoms with van der Waals surface area (Å²) in [5.74, 6) is 0. The topological polar surface area (TPSA) is 49.7 Å². The van der Waals surface area contributed by atoms with Crippen LogP contribution in [-0.4, -0.2) is 35.4 Å². The van der Waals surface area contributed by atoms with Crippen LogP contribution in [0, 0.1) is 0 Å². The Balaban J connectivity index is 2.51. The van der Waals surface area contributed by atoms with Gasteiger partial charge in [0.1, 0.15) is 12.3 Å². The predicted molar refractivity (Wildman–Crippen MR) is 32.1 cm³/mol. The van der Waals surface area contributed by atoms with E-state index >= 15 is 0 Å². The molecule has 1 aliphatic heterocycles. The molecule has 4 heteroatoms. The van der Waals surface area contributed by atoms with Crippen LogP contribution in [0.25, 0.3) is 0 Å². The molecule has 1 aliphatic rings. The first-order valence-electron chi connectivity index (χ1n) is 3.25. The van der Waals surface area contributed by atoms with Gasteiger partial charge in [-0.25, -0.2) is 4.39 Å². The Hall–Kier alpha value is -0.190. The summed E-state index contributed by atoms with van der Waals surface area (Å²) in [5, 5.41) is 17.5. The highest BCUT2D eigenvalue weighted by Gasteiger charge is 2.39. The Kier molecular flexibility index (Phi) is 2.23. The minimum Gasteiger partial charge on any atom is -0.393 e. The number of hydrogen-bond acceptors (Lipinski definition) is 3. The number of alkyl halides is 1. The van der Waals surface area contributed by atoms with Crippen LogP contribution in [0.2, 0.25) is 0 Å².